The Bertz CT molecular complexity index is 511. The molecule has 0 aromatic heterocycles. The standard InChI is InChI=1S/C15H20N2O4/c1-3-4-13(9-14(19)20)17-15(21)11-5-7-12(8-6-11)16-10(2)18/h5-8,13H,3-4,9H2,1-2H3,(H,16,18)(H,17,21)(H,19,20). The van der Waals surface area contributed by atoms with E-state index in [-0.39, 0.29) is 24.3 Å². The molecule has 1 atom stereocenters. The van der Waals surface area contributed by atoms with Crippen molar-refractivity contribution in [3.05, 3.63) is 29.8 Å². The Kier molecular flexibility index (Phi) is 6.39. The van der Waals surface area contributed by atoms with Crippen LogP contribution < -0.4 is 10.6 Å². The molecule has 0 aliphatic heterocycles. The van der Waals surface area contributed by atoms with Crippen LogP contribution in [0.2, 0.25) is 0 Å². The van der Waals surface area contributed by atoms with E-state index in [4.69, 9.17) is 5.11 Å². The van der Waals surface area contributed by atoms with Gasteiger partial charge in [0.05, 0.1) is 6.42 Å². The summed E-state index contributed by atoms with van der Waals surface area (Å²) in [7, 11) is 0. The third kappa shape index (κ3) is 6.07. The number of hydrogen-bond donors (Lipinski definition) is 3. The number of aliphatic carboxylic acids is 1. The van der Waals surface area contributed by atoms with Crippen molar-refractivity contribution in [3.8, 4) is 0 Å². The number of carbonyl (C=O) groups is 3. The van der Waals surface area contributed by atoms with Gasteiger partial charge in [-0.2, -0.15) is 0 Å². The Hall–Kier alpha value is -2.37. The summed E-state index contributed by atoms with van der Waals surface area (Å²) in [6.45, 7) is 3.34. The van der Waals surface area contributed by atoms with Crippen molar-refractivity contribution < 1.29 is 19.5 Å². The minimum atomic E-state index is -0.935. The smallest absolute Gasteiger partial charge is 0.305 e. The first-order valence-corrected chi connectivity index (χ1v) is 6.82. The second-order valence-corrected chi connectivity index (χ2v) is 4.82. The Morgan fingerprint density at radius 2 is 1.81 bits per heavy atom. The van der Waals surface area contributed by atoms with Crippen LogP contribution in [0.4, 0.5) is 5.69 Å². The van der Waals surface area contributed by atoms with Crippen LogP contribution in [-0.4, -0.2) is 28.9 Å². The van der Waals surface area contributed by atoms with E-state index in [0.717, 1.165) is 6.42 Å². The van der Waals surface area contributed by atoms with Crippen LogP contribution in [0.5, 0.6) is 0 Å². The zero-order valence-electron chi connectivity index (χ0n) is 12.2. The first-order valence-electron chi connectivity index (χ1n) is 6.82. The second-order valence-electron chi connectivity index (χ2n) is 4.82. The van der Waals surface area contributed by atoms with E-state index in [0.29, 0.717) is 17.7 Å². The maximum absolute atomic E-state index is 12.1. The molecule has 3 N–H and O–H groups in total. The van der Waals surface area contributed by atoms with Crippen LogP contribution in [0.25, 0.3) is 0 Å². The zero-order valence-corrected chi connectivity index (χ0v) is 12.2. The number of amides is 2. The van der Waals surface area contributed by atoms with E-state index in [2.05, 4.69) is 10.6 Å². The van der Waals surface area contributed by atoms with Gasteiger partial charge in [-0.3, -0.25) is 14.4 Å². The van der Waals surface area contributed by atoms with E-state index in [1.54, 1.807) is 24.3 Å². The molecule has 0 spiro atoms. The van der Waals surface area contributed by atoms with E-state index in [1.807, 2.05) is 6.92 Å². The summed E-state index contributed by atoms with van der Waals surface area (Å²) in [6, 6.07) is 6.05. The number of carboxylic acids is 1. The molecule has 0 heterocycles. The third-order valence-corrected chi connectivity index (χ3v) is 2.86. The van der Waals surface area contributed by atoms with Gasteiger partial charge in [-0.25, -0.2) is 0 Å². The quantitative estimate of drug-likeness (QED) is 0.716. The summed E-state index contributed by atoms with van der Waals surface area (Å²) in [5.41, 5.74) is 1.03. The molecule has 0 aliphatic carbocycles. The molecule has 1 rings (SSSR count). The monoisotopic (exact) mass is 292 g/mol. The van der Waals surface area contributed by atoms with Crippen molar-refractivity contribution >= 4 is 23.5 Å². The molecule has 6 heteroatoms. The van der Waals surface area contributed by atoms with Crippen molar-refractivity contribution in [2.24, 2.45) is 0 Å². The lowest BCUT2D eigenvalue weighted by atomic mass is 10.1. The van der Waals surface area contributed by atoms with Gasteiger partial charge in [0.2, 0.25) is 5.91 Å². The molecular formula is C15H20N2O4. The van der Waals surface area contributed by atoms with Gasteiger partial charge in [-0.1, -0.05) is 13.3 Å². The van der Waals surface area contributed by atoms with E-state index >= 15 is 0 Å². The Balaban J connectivity index is 2.68. The molecule has 0 bridgehead atoms. The highest BCUT2D eigenvalue weighted by atomic mass is 16.4. The molecular weight excluding hydrogens is 272 g/mol. The Morgan fingerprint density at radius 3 is 2.29 bits per heavy atom. The lowest BCUT2D eigenvalue weighted by Gasteiger charge is -2.16. The Labute approximate surface area is 123 Å². The van der Waals surface area contributed by atoms with Crippen LogP contribution in [-0.2, 0) is 9.59 Å². The highest BCUT2D eigenvalue weighted by Crippen LogP contribution is 2.10. The van der Waals surface area contributed by atoms with Gasteiger partial charge in [-0.05, 0) is 30.7 Å². The summed E-state index contributed by atoms with van der Waals surface area (Å²) in [6.07, 6.45) is 1.31. The van der Waals surface area contributed by atoms with Gasteiger partial charge in [0.1, 0.15) is 0 Å². The Morgan fingerprint density at radius 1 is 1.19 bits per heavy atom. The molecule has 1 aromatic rings. The molecule has 2 amide bonds. The first-order chi connectivity index (χ1) is 9.92. The fraction of sp³-hybridized carbons (Fsp3) is 0.400. The second kappa shape index (κ2) is 8.04. The predicted molar refractivity (Wildman–Crippen MR) is 79.2 cm³/mol. The van der Waals surface area contributed by atoms with Crippen molar-refractivity contribution in [2.75, 3.05) is 5.32 Å². The molecule has 0 saturated carbocycles. The average Bonchev–Trinajstić information content (AvgIpc) is 2.38. The molecule has 0 fully saturated rings. The molecule has 0 saturated heterocycles. The summed E-state index contributed by atoms with van der Waals surface area (Å²) in [4.78, 5) is 33.7. The molecule has 0 radical (unpaired) electrons. The van der Waals surface area contributed by atoms with Gasteiger partial charge < -0.3 is 15.7 Å². The zero-order chi connectivity index (χ0) is 15.8. The molecule has 1 unspecified atom stereocenters. The van der Waals surface area contributed by atoms with Crippen molar-refractivity contribution in [3.63, 3.8) is 0 Å². The van der Waals surface area contributed by atoms with Gasteiger partial charge in [0.15, 0.2) is 0 Å². The van der Waals surface area contributed by atoms with Crippen LogP contribution in [0.3, 0.4) is 0 Å². The SMILES string of the molecule is CCCC(CC(=O)O)NC(=O)c1ccc(NC(C)=O)cc1. The normalized spacial score (nSPS) is 11.5. The number of hydrogen-bond acceptors (Lipinski definition) is 3. The maximum Gasteiger partial charge on any atom is 0.305 e. The predicted octanol–water partition coefficient (Wildman–Crippen LogP) is 2.02. The molecule has 0 aliphatic rings. The molecule has 114 valence electrons. The van der Waals surface area contributed by atoms with E-state index in [9.17, 15) is 14.4 Å². The lowest BCUT2D eigenvalue weighted by molar-refractivity contribution is -0.137. The van der Waals surface area contributed by atoms with Gasteiger partial charge in [0.25, 0.3) is 5.91 Å². The number of rotatable bonds is 7. The number of nitrogens with one attached hydrogen (secondary N) is 2. The van der Waals surface area contributed by atoms with Crippen LogP contribution in [0.1, 0.15) is 43.5 Å². The van der Waals surface area contributed by atoms with Gasteiger partial charge >= 0.3 is 5.97 Å². The van der Waals surface area contributed by atoms with Gasteiger partial charge in [0, 0.05) is 24.2 Å². The molecule has 21 heavy (non-hydrogen) atoms. The topological polar surface area (TPSA) is 95.5 Å². The highest BCUT2D eigenvalue weighted by molar-refractivity contribution is 5.95. The third-order valence-electron chi connectivity index (χ3n) is 2.86. The van der Waals surface area contributed by atoms with Gasteiger partial charge in [-0.15, -0.1) is 0 Å². The summed E-state index contributed by atoms with van der Waals surface area (Å²) >= 11 is 0. The average molecular weight is 292 g/mol. The summed E-state index contributed by atoms with van der Waals surface area (Å²) in [5, 5.41) is 14.2. The van der Waals surface area contributed by atoms with E-state index in [1.165, 1.54) is 6.92 Å². The first kappa shape index (κ1) is 16.7. The number of carbonyl (C=O) groups excluding carboxylic acids is 2. The summed E-state index contributed by atoms with van der Waals surface area (Å²) in [5.74, 6) is -1.43. The van der Waals surface area contributed by atoms with Crippen LogP contribution in [0, 0.1) is 0 Å². The fourth-order valence-corrected chi connectivity index (χ4v) is 1.96. The largest absolute Gasteiger partial charge is 0.481 e. The highest BCUT2D eigenvalue weighted by Gasteiger charge is 2.16. The van der Waals surface area contributed by atoms with Crippen LogP contribution in [0.15, 0.2) is 24.3 Å². The minimum absolute atomic E-state index is 0.0937. The van der Waals surface area contributed by atoms with Crippen molar-refractivity contribution in [1.29, 1.82) is 0 Å². The number of carboxylic acid groups (broad SMARTS) is 1. The molecule has 1 aromatic carbocycles. The number of benzene rings is 1. The number of anilines is 1. The van der Waals surface area contributed by atoms with Crippen molar-refractivity contribution in [2.45, 2.75) is 39.2 Å². The van der Waals surface area contributed by atoms with Crippen LogP contribution >= 0.6 is 0 Å². The van der Waals surface area contributed by atoms with E-state index < -0.39 is 5.97 Å². The molecule has 6 nitrogen and oxygen atoms in total. The fourth-order valence-electron chi connectivity index (χ4n) is 1.96. The minimum Gasteiger partial charge on any atom is -0.481 e. The lowest BCUT2D eigenvalue weighted by Crippen LogP contribution is -2.36. The van der Waals surface area contributed by atoms with Crippen molar-refractivity contribution in [1.82, 2.24) is 5.32 Å². The summed E-state index contributed by atoms with van der Waals surface area (Å²) < 4.78 is 0. The maximum atomic E-state index is 12.1.